The van der Waals surface area contributed by atoms with Crippen LogP contribution >= 0.6 is 0 Å². The monoisotopic (exact) mass is 369 g/mol. The molecule has 8 nitrogen and oxygen atoms in total. The van der Waals surface area contributed by atoms with Crippen molar-refractivity contribution in [2.24, 2.45) is 7.05 Å². The molecule has 2 atom stereocenters. The molecule has 3 heterocycles. The Morgan fingerprint density at radius 3 is 2.78 bits per heavy atom. The Kier molecular flexibility index (Phi) is 4.55. The van der Waals surface area contributed by atoms with Crippen molar-refractivity contribution in [1.82, 2.24) is 25.0 Å². The van der Waals surface area contributed by atoms with Crippen molar-refractivity contribution in [2.75, 3.05) is 6.54 Å². The molecule has 1 saturated heterocycles. The van der Waals surface area contributed by atoms with Gasteiger partial charge in [0, 0.05) is 25.7 Å². The van der Waals surface area contributed by atoms with Crippen LogP contribution in [0.15, 0.2) is 30.6 Å². The van der Waals surface area contributed by atoms with Gasteiger partial charge in [0.1, 0.15) is 23.6 Å². The molecular formula is C19H23N5O3. The number of carbonyl (C=O) groups excluding carboxylic acids is 2. The number of nitrogens with zero attached hydrogens (tertiary/aromatic N) is 4. The smallest absolute Gasteiger partial charge is 0.272 e. The second kappa shape index (κ2) is 7.02. The van der Waals surface area contributed by atoms with Gasteiger partial charge in [0.25, 0.3) is 5.91 Å². The van der Waals surface area contributed by atoms with Crippen LogP contribution in [-0.4, -0.2) is 56.2 Å². The van der Waals surface area contributed by atoms with Crippen LogP contribution in [0.25, 0.3) is 0 Å². The first-order valence-electron chi connectivity index (χ1n) is 9.20. The number of pyridine rings is 1. The van der Waals surface area contributed by atoms with E-state index in [9.17, 15) is 9.59 Å². The Hall–Kier alpha value is -2.90. The number of hydrogen-bond acceptors (Lipinski definition) is 5. The van der Waals surface area contributed by atoms with Crippen LogP contribution in [-0.2, 0) is 11.8 Å². The van der Waals surface area contributed by atoms with E-state index in [1.54, 1.807) is 41.2 Å². The van der Waals surface area contributed by atoms with Crippen LogP contribution in [0.3, 0.4) is 0 Å². The van der Waals surface area contributed by atoms with Gasteiger partial charge in [0.05, 0.1) is 18.4 Å². The van der Waals surface area contributed by atoms with Gasteiger partial charge in [-0.1, -0.05) is 0 Å². The van der Waals surface area contributed by atoms with Crippen molar-refractivity contribution in [3.8, 4) is 5.75 Å². The van der Waals surface area contributed by atoms with Gasteiger partial charge >= 0.3 is 0 Å². The van der Waals surface area contributed by atoms with Crippen LogP contribution in [0, 0.1) is 6.92 Å². The topological polar surface area (TPSA) is 89.4 Å². The molecule has 2 aromatic heterocycles. The quantitative estimate of drug-likeness (QED) is 0.851. The summed E-state index contributed by atoms with van der Waals surface area (Å²) in [6.07, 6.45) is 5.51. The minimum Gasteiger partial charge on any atom is -0.487 e. The second-order valence-corrected chi connectivity index (χ2v) is 7.22. The van der Waals surface area contributed by atoms with Crippen molar-refractivity contribution in [3.63, 3.8) is 0 Å². The van der Waals surface area contributed by atoms with Gasteiger partial charge in [-0.15, -0.1) is 0 Å². The zero-order valence-electron chi connectivity index (χ0n) is 15.5. The first kappa shape index (κ1) is 17.5. The predicted molar refractivity (Wildman–Crippen MR) is 97.2 cm³/mol. The molecule has 2 aliphatic rings. The molecule has 0 bridgehead atoms. The maximum Gasteiger partial charge on any atom is 0.272 e. The highest BCUT2D eigenvalue weighted by molar-refractivity contribution is 5.97. The molecule has 142 valence electrons. The van der Waals surface area contributed by atoms with Crippen molar-refractivity contribution in [2.45, 2.75) is 44.4 Å². The lowest BCUT2D eigenvalue weighted by atomic mass is 10.1. The molecule has 2 fully saturated rings. The van der Waals surface area contributed by atoms with Crippen LogP contribution < -0.4 is 10.1 Å². The Morgan fingerprint density at radius 1 is 1.33 bits per heavy atom. The molecule has 0 spiro atoms. The highest BCUT2D eigenvalue weighted by Crippen LogP contribution is 2.26. The largest absolute Gasteiger partial charge is 0.487 e. The summed E-state index contributed by atoms with van der Waals surface area (Å²) in [6, 6.07) is 5.05. The van der Waals surface area contributed by atoms with Crippen LogP contribution in [0.4, 0.5) is 0 Å². The highest BCUT2D eigenvalue weighted by Gasteiger charge is 2.43. The van der Waals surface area contributed by atoms with Crippen molar-refractivity contribution >= 4 is 11.8 Å². The molecule has 1 N–H and O–H groups in total. The van der Waals surface area contributed by atoms with E-state index in [0.29, 0.717) is 24.4 Å². The number of carbonyl (C=O) groups is 2. The standard InChI is InChI=1S/C19H23N5O3/c1-12-8-17(23(2)22-12)19(26)24-11-15(27-14-4-3-7-20-10-14)9-16(24)18(25)21-13-5-6-13/h3-4,7-8,10,13,15-16H,5-6,9,11H2,1-2H3,(H,21,25)/t15-,16-/m0/s1. The van der Waals surface area contributed by atoms with Crippen LogP contribution in [0.5, 0.6) is 5.75 Å². The van der Waals surface area contributed by atoms with E-state index in [0.717, 1.165) is 18.5 Å². The average molecular weight is 369 g/mol. The Balaban J connectivity index is 1.54. The number of nitrogens with one attached hydrogen (secondary N) is 1. The highest BCUT2D eigenvalue weighted by atomic mass is 16.5. The summed E-state index contributed by atoms with van der Waals surface area (Å²) in [6.45, 7) is 2.19. The Morgan fingerprint density at radius 2 is 2.15 bits per heavy atom. The lowest BCUT2D eigenvalue weighted by molar-refractivity contribution is -0.125. The molecule has 0 radical (unpaired) electrons. The number of hydrogen-bond donors (Lipinski definition) is 1. The van der Waals surface area contributed by atoms with Gasteiger partial charge < -0.3 is 15.0 Å². The van der Waals surface area contributed by atoms with E-state index in [-0.39, 0.29) is 24.0 Å². The summed E-state index contributed by atoms with van der Waals surface area (Å²) in [5.74, 6) is 0.322. The van der Waals surface area contributed by atoms with E-state index in [4.69, 9.17) is 4.74 Å². The fourth-order valence-electron chi connectivity index (χ4n) is 3.45. The van der Waals surface area contributed by atoms with Crippen LogP contribution in [0.1, 0.15) is 35.4 Å². The molecule has 2 aromatic rings. The predicted octanol–water partition coefficient (Wildman–Crippen LogP) is 1.06. The van der Waals surface area contributed by atoms with Gasteiger partial charge in [-0.25, -0.2) is 0 Å². The first-order chi connectivity index (χ1) is 13.0. The van der Waals surface area contributed by atoms with Gasteiger partial charge in [0.2, 0.25) is 5.91 Å². The number of aromatic nitrogens is 3. The molecule has 0 unspecified atom stereocenters. The van der Waals surface area contributed by atoms with Gasteiger partial charge in [-0.2, -0.15) is 5.10 Å². The van der Waals surface area contributed by atoms with Gasteiger partial charge in [-0.05, 0) is 38.0 Å². The van der Waals surface area contributed by atoms with Crippen LogP contribution in [0.2, 0.25) is 0 Å². The minimum absolute atomic E-state index is 0.109. The zero-order chi connectivity index (χ0) is 19.0. The molecule has 1 aliphatic heterocycles. The number of amides is 2. The summed E-state index contributed by atoms with van der Waals surface area (Å²) in [4.78, 5) is 31.5. The minimum atomic E-state index is -0.546. The van der Waals surface area contributed by atoms with E-state index in [2.05, 4.69) is 15.4 Å². The van der Waals surface area contributed by atoms with Crippen molar-refractivity contribution < 1.29 is 14.3 Å². The summed E-state index contributed by atoms with van der Waals surface area (Å²) < 4.78 is 7.53. The van der Waals surface area contributed by atoms with E-state index >= 15 is 0 Å². The SMILES string of the molecule is Cc1cc(C(=O)N2C[C@@H](Oc3cccnc3)C[C@H]2C(=O)NC2CC2)n(C)n1. The summed E-state index contributed by atoms with van der Waals surface area (Å²) in [7, 11) is 1.74. The lowest BCUT2D eigenvalue weighted by Crippen LogP contribution is -2.47. The summed E-state index contributed by atoms with van der Waals surface area (Å²) in [5.41, 5.74) is 1.24. The normalized spacial score (nSPS) is 21.9. The third-order valence-corrected chi connectivity index (χ3v) is 4.91. The average Bonchev–Trinajstić information content (AvgIpc) is 3.25. The second-order valence-electron chi connectivity index (χ2n) is 7.22. The van der Waals surface area contributed by atoms with Crippen molar-refractivity contribution in [3.05, 3.63) is 42.0 Å². The van der Waals surface area contributed by atoms with E-state index in [1.807, 2.05) is 13.0 Å². The van der Waals surface area contributed by atoms with Gasteiger partial charge in [0.15, 0.2) is 0 Å². The summed E-state index contributed by atoms with van der Waals surface area (Å²) >= 11 is 0. The molecule has 1 saturated carbocycles. The third kappa shape index (κ3) is 3.79. The lowest BCUT2D eigenvalue weighted by Gasteiger charge is -2.23. The van der Waals surface area contributed by atoms with E-state index < -0.39 is 6.04 Å². The molecule has 0 aromatic carbocycles. The number of rotatable bonds is 5. The molecule has 1 aliphatic carbocycles. The fourth-order valence-corrected chi connectivity index (χ4v) is 3.45. The molecule has 8 heteroatoms. The van der Waals surface area contributed by atoms with E-state index in [1.165, 1.54) is 0 Å². The van der Waals surface area contributed by atoms with Crippen molar-refractivity contribution in [1.29, 1.82) is 0 Å². The third-order valence-electron chi connectivity index (χ3n) is 4.91. The number of ether oxygens (including phenoxy) is 1. The first-order valence-corrected chi connectivity index (χ1v) is 9.20. The fraction of sp³-hybridized carbons (Fsp3) is 0.474. The maximum absolute atomic E-state index is 13.1. The van der Waals surface area contributed by atoms with Gasteiger partial charge in [-0.3, -0.25) is 19.3 Å². The summed E-state index contributed by atoms with van der Waals surface area (Å²) in [5, 5.41) is 7.26. The molecule has 27 heavy (non-hydrogen) atoms. The Labute approximate surface area is 157 Å². The molecular weight excluding hydrogens is 346 g/mol. The number of likely N-dealkylation sites (tertiary alicyclic amines) is 1. The molecule has 2 amide bonds. The molecule has 4 rings (SSSR count). The number of aryl methyl sites for hydroxylation is 2. The Bertz CT molecular complexity index is 846. The zero-order valence-corrected chi connectivity index (χ0v) is 15.5. The maximum atomic E-state index is 13.1.